The van der Waals surface area contributed by atoms with Crippen molar-refractivity contribution in [2.75, 3.05) is 0 Å². The topological polar surface area (TPSA) is 38.3 Å². The zero-order valence-corrected chi connectivity index (χ0v) is 9.60. The molecule has 0 saturated heterocycles. The highest BCUT2D eigenvalue weighted by molar-refractivity contribution is 5.68. The van der Waals surface area contributed by atoms with E-state index in [1.165, 1.54) is 0 Å². The molecular formula is C11H19F2NO2. The van der Waals surface area contributed by atoms with E-state index in [0.717, 1.165) is 12.8 Å². The van der Waals surface area contributed by atoms with E-state index in [1.54, 1.807) is 0 Å². The molecule has 0 spiro atoms. The zero-order chi connectivity index (χ0) is 12.0. The Balaban J connectivity index is 2.12. The van der Waals surface area contributed by atoms with E-state index in [2.05, 4.69) is 5.48 Å². The normalized spacial score (nSPS) is 20.7. The third kappa shape index (κ3) is 4.88. The number of halogens is 2. The van der Waals surface area contributed by atoms with Crippen LogP contribution in [0.2, 0.25) is 0 Å². The van der Waals surface area contributed by atoms with Crippen LogP contribution >= 0.6 is 0 Å². The molecular weight excluding hydrogens is 216 g/mol. The van der Waals surface area contributed by atoms with Gasteiger partial charge in [-0.2, -0.15) is 5.48 Å². The maximum Gasteiger partial charge on any atom is 0.324 e. The Morgan fingerprint density at radius 1 is 1.44 bits per heavy atom. The predicted molar refractivity (Wildman–Crippen MR) is 56.0 cm³/mol. The number of carbonyl (C=O) groups is 1. The standard InChI is InChI=1S/C11H19F2NO2/c1-2-3-4-10(15)16-14-9-5-7-11(12,13)8-6-9/h9,14H,2-8H2,1H3. The third-order valence-electron chi connectivity index (χ3n) is 2.79. The molecule has 1 fully saturated rings. The molecule has 1 N–H and O–H groups in total. The van der Waals surface area contributed by atoms with Gasteiger partial charge in [-0.3, -0.25) is 4.79 Å². The van der Waals surface area contributed by atoms with Crippen molar-refractivity contribution in [1.29, 1.82) is 0 Å². The molecule has 1 saturated carbocycles. The lowest BCUT2D eigenvalue weighted by molar-refractivity contribution is -0.155. The molecule has 3 nitrogen and oxygen atoms in total. The summed E-state index contributed by atoms with van der Waals surface area (Å²) in [6.45, 7) is 1.99. The van der Waals surface area contributed by atoms with E-state index in [9.17, 15) is 13.6 Å². The number of rotatable bonds is 5. The quantitative estimate of drug-likeness (QED) is 0.745. The Morgan fingerprint density at radius 3 is 2.62 bits per heavy atom. The molecule has 0 aromatic carbocycles. The van der Waals surface area contributed by atoms with E-state index in [4.69, 9.17) is 4.84 Å². The summed E-state index contributed by atoms with van der Waals surface area (Å²) >= 11 is 0. The fourth-order valence-electron chi connectivity index (χ4n) is 1.68. The minimum atomic E-state index is -2.54. The van der Waals surface area contributed by atoms with Gasteiger partial charge in [0.1, 0.15) is 0 Å². The second kappa shape index (κ2) is 6.13. The summed E-state index contributed by atoms with van der Waals surface area (Å²) in [5.74, 6) is -2.84. The van der Waals surface area contributed by atoms with Gasteiger partial charge in [0.25, 0.3) is 0 Å². The minimum Gasteiger partial charge on any atom is -0.370 e. The Labute approximate surface area is 94.5 Å². The van der Waals surface area contributed by atoms with Gasteiger partial charge in [0.15, 0.2) is 0 Å². The molecule has 1 aliphatic rings. The average molecular weight is 235 g/mol. The summed E-state index contributed by atoms with van der Waals surface area (Å²) < 4.78 is 25.6. The van der Waals surface area contributed by atoms with Crippen LogP contribution in [0.25, 0.3) is 0 Å². The van der Waals surface area contributed by atoms with Crippen LogP contribution in [0.15, 0.2) is 0 Å². The maximum atomic E-state index is 12.8. The fraction of sp³-hybridized carbons (Fsp3) is 0.909. The predicted octanol–water partition coefficient (Wildman–Crippen LogP) is 2.80. The summed E-state index contributed by atoms with van der Waals surface area (Å²) in [7, 11) is 0. The lowest BCUT2D eigenvalue weighted by atomic mass is 9.93. The van der Waals surface area contributed by atoms with E-state index >= 15 is 0 Å². The van der Waals surface area contributed by atoms with Crippen molar-refractivity contribution in [2.24, 2.45) is 0 Å². The molecule has 0 aliphatic heterocycles. The Hall–Kier alpha value is -0.710. The van der Waals surface area contributed by atoms with Crippen molar-refractivity contribution in [3.63, 3.8) is 0 Å². The molecule has 0 aromatic rings. The number of nitrogens with one attached hydrogen (secondary N) is 1. The van der Waals surface area contributed by atoms with Crippen LogP contribution in [0.1, 0.15) is 51.9 Å². The van der Waals surface area contributed by atoms with Crippen molar-refractivity contribution in [2.45, 2.75) is 63.8 Å². The number of hydroxylamine groups is 1. The maximum absolute atomic E-state index is 12.8. The van der Waals surface area contributed by atoms with Crippen molar-refractivity contribution < 1.29 is 18.4 Å². The molecule has 1 aliphatic carbocycles. The molecule has 0 bridgehead atoms. The second-order valence-corrected chi connectivity index (χ2v) is 4.33. The molecule has 0 heterocycles. The van der Waals surface area contributed by atoms with Crippen LogP contribution in [0.4, 0.5) is 8.78 Å². The van der Waals surface area contributed by atoms with E-state index in [0.29, 0.717) is 19.3 Å². The lowest BCUT2D eigenvalue weighted by Gasteiger charge is -2.28. The molecule has 1 rings (SSSR count). The molecule has 94 valence electrons. The first kappa shape index (κ1) is 13.4. The van der Waals surface area contributed by atoms with Crippen LogP contribution < -0.4 is 5.48 Å². The highest BCUT2D eigenvalue weighted by Crippen LogP contribution is 2.32. The van der Waals surface area contributed by atoms with Gasteiger partial charge in [-0.15, -0.1) is 0 Å². The van der Waals surface area contributed by atoms with Gasteiger partial charge in [0.05, 0.1) is 0 Å². The van der Waals surface area contributed by atoms with E-state index in [1.807, 2.05) is 6.92 Å². The number of hydrogen-bond donors (Lipinski definition) is 1. The van der Waals surface area contributed by atoms with Gasteiger partial charge in [0, 0.05) is 25.3 Å². The van der Waals surface area contributed by atoms with Gasteiger partial charge in [0.2, 0.25) is 5.92 Å². The van der Waals surface area contributed by atoms with Crippen molar-refractivity contribution in [3.8, 4) is 0 Å². The average Bonchev–Trinajstić information content (AvgIpc) is 2.25. The van der Waals surface area contributed by atoms with Crippen LogP contribution in [-0.2, 0) is 9.63 Å². The zero-order valence-electron chi connectivity index (χ0n) is 9.60. The first-order valence-corrected chi connectivity index (χ1v) is 5.86. The number of unbranched alkanes of at least 4 members (excludes halogenated alkanes) is 1. The highest BCUT2D eigenvalue weighted by atomic mass is 19.3. The summed E-state index contributed by atoms with van der Waals surface area (Å²) in [5, 5.41) is 0. The van der Waals surface area contributed by atoms with Crippen LogP contribution in [0, 0.1) is 0 Å². The Kier molecular flexibility index (Phi) is 5.12. The number of alkyl halides is 2. The smallest absolute Gasteiger partial charge is 0.324 e. The van der Waals surface area contributed by atoms with Gasteiger partial charge in [-0.1, -0.05) is 13.3 Å². The molecule has 0 amide bonds. The summed E-state index contributed by atoms with van der Waals surface area (Å²) in [4.78, 5) is 16.0. The fourth-order valence-corrected chi connectivity index (χ4v) is 1.68. The summed E-state index contributed by atoms with van der Waals surface area (Å²) in [6.07, 6.45) is 2.57. The Morgan fingerprint density at radius 2 is 2.06 bits per heavy atom. The largest absolute Gasteiger partial charge is 0.370 e. The molecule has 16 heavy (non-hydrogen) atoms. The minimum absolute atomic E-state index is 0.120. The first-order valence-electron chi connectivity index (χ1n) is 5.86. The number of hydrogen-bond acceptors (Lipinski definition) is 3. The monoisotopic (exact) mass is 235 g/mol. The molecule has 0 radical (unpaired) electrons. The third-order valence-corrected chi connectivity index (χ3v) is 2.79. The summed E-state index contributed by atoms with van der Waals surface area (Å²) in [6, 6.07) is -0.120. The van der Waals surface area contributed by atoms with Gasteiger partial charge in [-0.05, 0) is 19.3 Å². The Bertz CT molecular complexity index is 224. The molecule has 5 heteroatoms. The van der Waals surface area contributed by atoms with Crippen LogP contribution in [0.5, 0.6) is 0 Å². The lowest BCUT2D eigenvalue weighted by Crippen LogP contribution is -2.38. The molecule has 0 aromatic heterocycles. The first-order chi connectivity index (χ1) is 7.53. The van der Waals surface area contributed by atoms with Crippen molar-refractivity contribution in [3.05, 3.63) is 0 Å². The van der Waals surface area contributed by atoms with Gasteiger partial charge < -0.3 is 4.84 Å². The van der Waals surface area contributed by atoms with Crippen LogP contribution in [0.3, 0.4) is 0 Å². The highest BCUT2D eigenvalue weighted by Gasteiger charge is 2.35. The summed E-state index contributed by atoms with van der Waals surface area (Å²) in [5.41, 5.74) is 2.59. The van der Waals surface area contributed by atoms with E-state index < -0.39 is 5.92 Å². The van der Waals surface area contributed by atoms with Gasteiger partial charge in [-0.25, -0.2) is 8.78 Å². The van der Waals surface area contributed by atoms with Crippen LogP contribution in [-0.4, -0.2) is 17.9 Å². The van der Waals surface area contributed by atoms with Crippen molar-refractivity contribution >= 4 is 5.97 Å². The second-order valence-electron chi connectivity index (χ2n) is 4.33. The van der Waals surface area contributed by atoms with E-state index in [-0.39, 0.29) is 24.9 Å². The van der Waals surface area contributed by atoms with Crippen molar-refractivity contribution in [1.82, 2.24) is 5.48 Å². The number of carbonyl (C=O) groups excluding carboxylic acids is 1. The molecule has 0 atom stereocenters. The van der Waals surface area contributed by atoms with Gasteiger partial charge >= 0.3 is 5.97 Å². The SMILES string of the molecule is CCCCC(=O)ONC1CCC(F)(F)CC1. The molecule has 0 unspecified atom stereocenters.